The van der Waals surface area contributed by atoms with E-state index in [-0.39, 0.29) is 47.7 Å². The Hall–Kier alpha value is -2.77. The van der Waals surface area contributed by atoms with Gasteiger partial charge < -0.3 is 15.5 Å². The molecule has 35 heavy (non-hydrogen) atoms. The smallest absolute Gasteiger partial charge is 0.241 e. The van der Waals surface area contributed by atoms with Gasteiger partial charge >= 0.3 is 0 Å². The van der Waals surface area contributed by atoms with Gasteiger partial charge in [-0.25, -0.2) is 4.39 Å². The van der Waals surface area contributed by atoms with Crippen LogP contribution in [0.25, 0.3) is 0 Å². The second-order valence-corrected chi connectivity index (χ2v) is 10.5. The minimum Gasteiger partial charge on any atom is -0.349 e. The molecule has 4 rings (SSSR count). The van der Waals surface area contributed by atoms with Gasteiger partial charge in [-0.05, 0) is 56.9 Å². The molecule has 2 amide bonds. The number of hydrogen-bond donors (Lipinski definition) is 2. The van der Waals surface area contributed by atoms with Gasteiger partial charge in [0.15, 0.2) is 0 Å². The highest BCUT2D eigenvalue weighted by Gasteiger charge is 2.44. The molecule has 2 fully saturated rings. The third kappa shape index (κ3) is 5.57. The summed E-state index contributed by atoms with van der Waals surface area (Å²) in [5, 5.41) is 6.67. The maximum absolute atomic E-state index is 13.9. The number of benzene rings is 2. The van der Waals surface area contributed by atoms with E-state index in [2.05, 4.69) is 36.3 Å². The van der Waals surface area contributed by atoms with Crippen molar-refractivity contribution in [1.29, 1.82) is 0 Å². The number of amides is 2. The highest BCUT2D eigenvalue weighted by atomic mass is 19.1. The van der Waals surface area contributed by atoms with E-state index in [1.807, 2.05) is 37.3 Å². The highest BCUT2D eigenvalue weighted by molar-refractivity contribution is 5.96. The van der Waals surface area contributed by atoms with Crippen molar-refractivity contribution < 1.29 is 14.0 Å². The summed E-state index contributed by atoms with van der Waals surface area (Å²) >= 11 is 0. The Balaban J connectivity index is 1.45. The van der Waals surface area contributed by atoms with E-state index in [0.29, 0.717) is 25.2 Å². The molecule has 0 aromatic heterocycles. The van der Waals surface area contributed by atoms with Crippen LogP contribution in [0.4, 0.5) is 10.1 Å². The summed E-state index contributed by atoms with van der Waals surface area (Å²) in [6, 6.07) is 14.7. The quantitative estimate of drug-likeness (QED) is 0.660. The van der Waals surface area contributed by atoms with Crippen LogP contribution in [0.2, 0.25) is 0 Å². The van der Waals surface area contributed by atoms with Crippen molar-refractivity contribution in [2.75, 3.05) is 31.1 Å². The molecule has 2 saturated heterocycles. The normalized spacial score (nSPS) is 23.7. The first-order valence-electron chi connectivity index (χ1n) is 12.6. The lowest BCUT2D eigenvalue weighted by Gasteiger charge is -2.51. The molecule has 0 saturated carbocycles. The maximum atomic E-state index is 13.9. The largest absolute Gasteiger partial charge is 0.349 e. The lowest BCUT2D eigenvalue weighted by molar-refractivity contribution is -0.129. The Morgan fingerprint density at radius 2 is 1.94 bits per heavy atom. The Morgan fingerprint density at radius 1 is 1.20 bits per heavy atom. The summed E-state index contributed by atoms with van der Waals surface area (Å²) in [5.74, 6) is -0.499. The SMILES string of the molecule is CCC(NC(=O)C1CNCC(N2CC(=O)N(c3cc(F)ccc3C)CC2(C)C)C1)c1ccccc1. The number of hydrogen-bond acceptors (Lipinski definition) is 4. The zero-order valence-electron chi connectivity index (χ0n) is 21.2. The number of nitrogens with one attached hydrogen (secondary N) is 2. The molecule has 3 unspecified atom stereocenters. The first-order chi connectivity index (χ1) is 16.7. The number of piperidine rings is 1. The summed E-state index contributed by atoms with van der Waals surface area (Å²) in [6.07, 6.45) is 1.52. The number of carbonyl (C=O) groups excluding carboxylic acids is 2. The van der Waals surface area contributed by atoms with E-state index in [4.69, 9.17) is 0 Å². The monoisotopic (exact) mass is 480 g/mol. The third-order valence-corrected chi connectivity index (χ3v) is 7.46. The van der Waals surface area contributed by atoms with Crippen molar-refractivity contribution in [3.63, 3.8) is 0 Å². The second-order valence-electron chi connectivity index (χ2n) is 10.5. The highest BCUT2D eigenvalue weighted by Crippen LogP contribution is 2.32. The van der Waals surface area contributed by atoms with Gasteiger partial charge in [-0.2, -0.15) is 0 Å². The molecule has 2 aliphatic heterocycles. The summed E-state index contributed by atoms with van der Waals surface area (Å²) in [5.41, 5.74) is 2.30. The number of anilines is 1. The molecule has 188 valence electrons. The molecule has 0 aliphatic carbocycles. The van der Waals surface area contributed by atoms with Crippen molar-refractivity contribution >= 4 is 17.5 Å². The van der Waals surface area contributed by atoms with Crippen LogP contribution in [0, 0.1) is 18.7 Å². The van der Waals surface area contributed by atoms with E-state index in [0.717, 1.165) is 24.1 Å². The van der Waals surface area contributed by atoms with Gasteiger partial charge in [0.2, 0.25) is 11.8 Å². The van der Waals surface area contributed by atoms with Crippen molar-refractivity contribution in [2.45, 2.75) is 58.2 Å². The Labute approximate surface area is 207 Å². The molecule has 2 aromatic rings. The van der Waals surface area contributed by atoms with Gasteiger partial charge in [0.05, 0.1) is 18.5 Å². The summed E-state index contributed by atoms with van der Waals surface area (Å²) in [4.78, 5) is 30.4. The first kappa shape index (κ1) is 25.3. The lowest BCUT2D eigenvalue weighted by atomic mass is 9.88. The Morgan fingerprint density at radius 3 is 2.66 bits per heavy atom. The van der Waals surface area contributed by atoms with Crippen LogP contribution in [0.15, 0.2) is 48.5 Å². The number of aryl methyl sites for hydroxylation is 1. The molecule has 2 heterocycles. The van der Waals surface area contributed by atoms with Gasteiger partial charge in [0.1, 0.15) is 5.82 Å². The van der Waals surface area contributed by atoms with Gasteiger partial charge in [0, 0.05) is 36.9 Å². The number of carbonyl (C=O) groups is 2. The van der Waals surface area contributed by atoms with Crippen molar-refractivity contribution in [1.82, 2.24) is 15.5 Å². The van der Waals surface area contributed by atoms with E-state index in [1.165, 1.54) is 12.1 Å². The topological polar surface area (TPSA) is 64.7 Å². The molecule has 2 aliphatic rings. The molecule has 7 heteroatoms. The Bertz CT molecular complexity index is 1060. The average Bonchev–Trinajstić information content (AvgIpc) is 2.85. The molecule has 2 aromatic carbocycles. The van der Waals surface area contributed by atoms with Crippen LogP contribution in [0.1, 0.15) is 50.8 Å². The van der Waals surface area contributed by atoms with Gasteiger partial charge in [-0.15, -0.1) is 0 Å². The zero-order valence-corrected chi connectivity index (χ0v) is 21.2. The van der Waals surface area contributed by atoms with Crippen LogP contribution >= 0.6 is 0 Å². The molecular formula is C28H37FN4O2. The predicted molar refractivity (Wildman–Crippen MR) is 137 cm³/mol. The first-order valence-corrected chi connectivity index (χ1v) is 12.6. The summed E-state index contributed by atoms with van der Waals surface area (Å²) < 4.78 is 13.9. The van der Waals surface area contributed by atoms with Crippen molar-refractivity contribution in [3.05, 3.63) is 65.5 Å². The van der Waals surface area contributed by atoms with E-state index >= 15 is 0 Å². The molecule has 0 spiro atoms. The average molecular weight is 481 g/mol. The molecule has 2 N–H and O–H groups in total. The fourth-order valence-corrected chi connectivity index (χ4v) is 5.48. The molecule has 6 nitrogen and oxygen atoms in total. The van der Waals surface area contributed by atoms with Crippen LogP contribution < -0.4 is 15.5 Å². The zero-order chi connectivity index (χ0) is 25.2. The van der Waals surface area contributed by atoms with Gasteiger partial charge in [0.25, 0.3) is 0 Å². The van der Waals surface area contributed by atoms with Crippen molar-refractivity contribution in [3.8, 4) is 0 Å². The summed E-state index contributed by atoms with van der Waals surface area (Å²) in [7, 11) is 0. The van der Waals surface area contributed by atoms with E-state index in [1.54, 1.807) is 11.0 Å². The number of piperazine rings is 1. The fraction of sp³-hybridized carbons (Fsp3) is 0.500. The Kier molecular flexibility index (Phi) is 7.57. The number of halogens is 1. The molecule has 0 bridgehead atoms. The van der Waals surface area contributed by atoms with Crippen LogP contribution in [-0.2, 0) is 9.59 Å². The second kappa shape index (κ2) is 10.5. The van der Waals surface area contributed by atoms with Crippen LogP contribution in [0.3, 0.4) is 0 Å². The minimum absolute atomic E-state index is 0.0138. The van der Waals surface area contributed by atoms with Crippen LogP contribution in [0.5, 0.6) is 0 Å². The fourth-order valence-electron chi connectivity index (χ4n) is 5.48. The molecule has 3 atom stereocenters. The molecule has 0 radical (unpaired) electrons. The summed E-state index contributed by atoms with van der Waals surface area (Å²) in [6.45, 7) is 10.3. The third-order valence-electron chi connectivity index (χ3n) is 7.46. The van der Waals surface area contributed by atoms with E-state index in [9.17, 15) is 14.0 Å². The number of rotatable bonds is 6. The standard InChI is InChI=1S/C28H37FN4O2/c1-5-24(20-9-7-6-8-10-20)31-27(35)21-13-23(16-30-15-21)33-17-26(34)32(18-28(33,3)4)25-14-22(29)12-11-19(25)2/h6-12,14,21,23-24,30H,5,13,15-18H2,1-4H3,(H,31,35). The van der Waals surface area contributed by atoms with Crippen LogP contribution in [-0.4, -0.2) is 54.5 Å². The number of nitrogens with zero attached hydrogens (tertiary/aromatic N) is 2. The predicted octanol–water partition coefficient (Wildman–Crippen LogP) is 3.81. The van der Waals surface area contributed by atoms with E-state index < -0.39 is 0 Å². The van der Waals surface area contributed by atoms with Crippen molar-refractivity contribution in [2.24, 2.45) is 5.92 Å². The maximum Gasteiger partial charge on any atom is 0.241 e. The minimum atomic E-state index is -0.343. The van der Waals surface area contributed by atoms with Gasteiger partial charge in [-0.1, -0.05) is 43.3 Å². The lowest BCUT2D eigenvalue weighted by Crippen LogP contribution is -2.67. The van der Waals surface area contributed by atoms with Gasteiger partial charge in [-0.3, -0.25) is 14.5 Å². The molecular weight excluding hydrogens is 443 g/mol.